The number of anilines is 1. The van der Waals surface area contributed by atoms with Crippen molar-refractivity contribution >= 4 is 33.9 Å². The molecule has 2 aromatic heterocycles. The number of aldehydes is 1. The van der Waals surface area contributed by atoms with Crippen LogP contribution in [0.3, 0.4) is 0 Å². The van der Waals surface area contributed by atoms with Crippen LogP contribution in [0.1, 0.15) is 44.1 Å². The fourth-order valence-electron chi connectivity index (χ4n) is 5.07. The molecule has 6 rings (SSSR count). The number of benzene rings is 2. The van der Waals surface area contributed by atoms with Gasteiger partial charge in [0.25, 0.3) is 0 Å². The quantitative estimate of drug-likeness (QED) is 0.403. The SMILES string of the molecule is N[C@H]1CC[C@H](Nc2c(C3(C=O)CC3)cnc3ccc(-c4ccc5[nH]cnc5c4)cc23)CC1. The molecule has 2 heterocycles. The van der Waals surface area contributed by atoms with Gasteiger partial charge in [-0.25, -0.2) is 4.98 Å². The lowest BCUT2D eigenvalue weighted by Gasteiger charge is -2.29. The third-order valence-corrected chi connectivity index (χ3v) is 7.29. The Kier molecular flexibility index (Phi) is 4.50. The number of hydrogen-bond donors (Lipinski definition) is 3. The van der Waals surface area contributed by atoms with Crippen LogP contribution in [0.15, 0.2) is 48.9 Å². The number of nitrogens with one attached hydrogen (secondary N) is 2. The Balaban J connectivity index is 1.48. The number of fused-ring (bicyclic) bond motifs is 2. The smallest absolute Gasteiger partial charge is 0.130 e. The van der Waals surface area contributed by atoms with Crippen LogP contribution in [0.25, 0.3) is 33.1 Å². The van der Waals surface area contributed by atoms with Gasteiger partial charge >= 0.3 is 0 Å². The van der Waals surface area contributed by atoms with Crippen molar-refractivity contribution in [3.8, 4) is 11.1 Å². The summed E-state index contributed by atoms with van der Waals surface area (Å²) in [5.74, 6) is 0. The van der Waals surface area contributed by atoms with E-state index in [9.17, 15) is 4.79 Å². The van der Waals surface area contributed by atoms with Crippen LogP contribution < -0.4 is 11.1 Å². The number of aromatic nitrogens is 3. The summed E-state index contributed by atoms with van der Waals surface area (Å²) in [7, 11) is 0. The number of carbonyl (C=O) groups excluding carboxylic acids is 1. The summed E-state index contributed by atoms with van der Waals surface area (Å²) in [6, 6.07) is 13.3. The van der Waals surface area contributed by atoms with Crippen molar-refractivity contribution in [3.05, 3.63) is 54.5 Å². The van der Waals surface area contributed by atoms with Gasteiger partial charge in [-0.05, 0) is 73.9 Å². The Hall–Kier alpha value is -3.25. The molecule has 0 aliphatic heterocycles. The molecule has 162 valence electrons. The van der Waals surface area contributed by atoms with E-state index in [0.29, 0.717) is 12.1 Å². The minimum Gasteiger partial charge on any atom is -0.381 e. The monoisotopic (exact) mass is 425 g/mol. The van der Waals surface area contributed by atoms with E-state index in [1.54, 1.807) is 6.33 Å². The minimum absolute atomic E-state index is 0.301. The molecule has 4 N–H and O–H groups in total. The van der Waals surface area contributed by atoms with Gasteiger partial charge in [-0.15, -0.1) is 0 Å². The lowest BCUT2D eigenvalue weighted by Crippen LogP contribution is -2.33. The van der Waals surface area contributed by atoms with Crippen LogP contribution in [-0.4, -0.2) is 33.3 Å². The Morgan fingerprint density at radius 1 is 1.00 bits per heavy atom. The van der Waals surface area contributed by atoms with Crippen LogP contribution in [0, 0.1) is 0 Å². The van der Waals surface area contributed by atoms with Crippen LogP contribution in [0.2, 0.25) is 0 Å². The van der Waals surface area contributed by atoms with Gasteiger partial charge in [-0.3, -0.25) is 4.98 Å². The van der Waals surface area contributed by atoms with Crippen LogP contribution in [0.4, 0.5) is 5.69 Å². The second-order valence-electron chi connectivity index (χ2n) is 9.44. The van der Waals surface area contributed by atoms with Crippen molar-refractivity contribution in [3.63, 3.8) is 0 Å². The first-order chi connectivity index (χ1) is 15.6. The van der Waals surface area contributed by atoms with Crippen molar-refractivity contribution in [2.24, 2.45) is 5.73 Å². The summed E-state index contributed by atoms with van der Waals surface area (Å²) in [6.07, 6.45) is 10.7. The van der Waals surface area contributed by atoms with Crippen molar-refractivity contribution in [2.45, 2.75) is 56.0 Å². The molecule has 2 saturated carbocycles. The lowest BCUT2D eigenvalue weighted by atomic mass is 9.89. The Labute approximate surface area is 186 Å². The molecule has 0 amide bonds. The normalized spacial score (nSPS) is 22.2. The zero-order valence-electron chi connectivity index (χ0n) is 18.0. The summed E-state index contributed by atoms with van der Waals surface area (Å²) < 4.78 is 0. The van der Waals surface area contributed by atoms with E-state index in [4.69, 9.17) is 10.7 Å². The summed E-state index contributed by atoms with van der Waals surface area (Å²) >= 11 is 0. The fourth-order valence-corrected chi connectivity index (χ4v) is 5.07. The number of nitrogens with two attached hydrogens (primary N) is 1. The molecule has 0 saturated heterocycles. The van der Waals surface area contributed by atoms with Crippen molar-refractivity contribution < 1.29 is 4.79 Å². The highest BCUT2D eigenvalue weighted by atomic mass is 16.1. The highest BCUT2D eigenvalue weighted by Gasteiger charge is 2.46. The van der Waals surface area contributed by atoms with Crippen LogP contribution in [-0.2, 0) is 10.2 Å². The summed E-state index contributed by atoms with van der Waals surface area (Å²) in [4.78, 5) is 24.3. The average Bonchev–Trinajstić information content (AvgIpc) is 3.48. The van der Waals surface area contributed by atoms with Gasteiger partial charge in [-0.2, -0.15) is 0 Å². The molecule has 6 nitrogen and oxygen atoms in total. The fraction of sp³-hybridized carbons (Fsp3) is 0.346. The molecular weight excluding hydrogens is 398 g/mol. The van der Waals surface area contributed by atoms with Gasteiger partial charge in [0.1, 0.15) is 6.29 Å². The molecule has 6 heteroatoms. The van der Waals surface area contributed by atoms with Gasteiger partial charge in [0.2, 0.25) is 0 Å². The topological polar surface area (TPSA) is 96.7 Å². The maximum Gasteiger partial charge on any atom is 0.130 e. The van der Waals surface area contributed by atoms with Crippen LogP contribution in [0.5, 0.6) is 0 Å². The number of imidazole rings is 1. The van der Waals surface area contributed by atoms with Gasteiger partial charge in [0.15, 0.2) is 0 Å². The van der Waals surface area contributed by atoms with Gasteiger partial charge in [0.05, 0.1) is 28.3 Å². The molecule has 2 aliphatic carbocycles. The Morgan fingerprint density at radius 2 is 1.78 bits per heavy atom. The largest absolute Gasteiger partial charge is 0.381 e. The van der Waals surface area contributed by atoms with E-state index in [-0.39, 0.29) is 0 Å². The van der Waals surface area contributed by atoms with Crippen molar-refractivity contribution in [1.82, 2.24) is 15.0 Å². The van der Waals surface area contributed by atoms with Gasteiger partial charge < -0.3 is 20.8 Å². The first-order valence-corrected chi connectivity index (χ1v) is 11.5. The highest BCUT2D eigenvalue weighted by molar-refractivity contribution is 5.98. The number of rotatable bonds is 5. The molecule has 4 aromatic rings. The number of H-pyrrole nitrogens is 1. The van der Waals surface area contributed by atoms with Crippen molar-refractivity contribution in [1.29, 1.82) is 0 Å². The number of pyridine rings is 1. The molecule has 0 spiro atoms. The molecule has 2 aromatic carbocycles. The summed E-state index contributed by atoms with van der Waals surface area (Å²) in [5.41, 5.74) is 13.0. The standard InChI is InChI=1S/C26H27N5O/c27-18-3-5-19(6-4-18)31-25-20-11-16(17-2-8-23-24(12-17)30-15-29-23)1-7-22(20)28-13-21(25)26(14-32)9-10-26/h1-2,7-8,11-15,18-19H,3-6,9-10,27H2,(H,28,31)(H,29,30)/t18-,19-. The summed E-state index contributed by atoms with van der Waals surface area (Å²) in [6.45, 7) is 0. The zero-order valence-corrected chi connectivity index (χ0v) is 18.0. The van der Waals surface area contributed by atoms with E-state index >= 15 is 0 Å². The highest BCUT2D eigenvalue weighted by Crippen LogP contribution is 2.50. The van der Waals surface area contributed by atoms with E-state index < -0.39 is 5.41 Å². The molecule has 0 atom stereocenters. The number of hydrogen-bond acceptors (Lipinski definition) is 5. The van der Waals surface area contributed by atoms with E-state index in [1.165, 1.54) is 0 Å². The number of aromatic amines is 1. The lowest BCUT2D eigenvalue weighted by molar-refractivity contribution is -0.109. The molecule has 0 radical (unpaired) electrons. The Morgan fingerprint density at radius 3 is 2.56 bits per heavy atom. The molecule has 0 unspecified atom stereocenters. The van der Waals surface area contributed by atoms with Gasteiger partial charge in [-0.1, -0.05) is 12.1 Å². The predicted octanol–water partition coefficient (Wildman–Crippen LogP) is 4.69. The maximum absolute atomic E-state index is 12.0. The second kappa shape index (κ2) is 7.41. The molecular formula is C26H27N5O. The maximum atomic E-state index is 12.0. The molecule has 0 bridgehead atoms. The number of nitrogens with zero attached hydrogens (tertiary/aromatic N) is 2. The van der Waals surface area contributed by atoms with Crippen molar-refractivity contribution in [2.75, 3.05) is 5.32 Å². The molecule has 32 heavy (non-hydrogen) atoms. The first-order valence-electron chi connectivity index (χ1n) is 11.5. The van der Waals surface area contributed by atoms with E-state index in [0.717, 1.165) is 89.1 Å². The Bertz CT molecular complexity index is 1310. The third-order valence-electron chi connectivity index (χ3n) is 7.29. The van der Waals surface area contributed by atoms with E-state index in [2.05, 4.69) is 51.7 Å². The van der Waals surface area contributed by atoms with Gasteiger partial charge in [0, 0.05) is 34.9 Å². The first kappa shape index (κ1) is 19.4. The minimum atomic E-state index is -0.390. The second-order valence-corrected chi connectivity index (χ2v) is 9.44. The third kappa shape index (κ3) is 3.26. The predicted molar refractivity (Wildman–Crippen MR) is 128 cm³/mol. The summed E-state index contributed by atoms with van der Waals surface area (Å²) in [5, 5.41) is 4.90. The van der Waals surface area contributed by atoms with E-state index in [1.807, 2.05) is 6.20 Å². The molecule has 2 fully saturated rings. The number of carbonyl (C=O) groups is 1. The average molecular weight is 426 g/mol. The zero-order chi connectivity index (χ0) is 21.7. The molecule has 2 aliphatic rings. The van der Waals surface area contributed by atoms with Crippen LogP contribution >= 0.6 is 0 Å².